The number of sulfonamides is 1. The van der Waals surface area contributed by atoms with Crippen molar-refractivity contribution in [3.8, 4) is 17.0 Å². The molecule has 0 radical (unpaired) electrons. The summed E-state index contributed by atoms with van der Waals surface area (Å²) in [5, 5.41) is 6.81. The van der Waals surface area contributed by atoms with Gasteiger partial charge in [0.15, 0.2) is 0 Å². The maximum Gasteiger partial charge on any atom is 0.267 e. The number of aromatic nitrogens is 2. The van der Waals surface area contributed by atoms with Gasteiger partial charge in [0.1, 0.15) is 12.3 Å². The maximum absolute atomic E-state index is 12.4. The van der Waals surface area contributed by atoms with Gasteiger partial charge >= 0.3 is 0 Å². The third kappa shape index (κ3) is 5.58. The second-order valence-corrected chi connectivity index (χ2v) is 8.36. The molecule has 2 amide bonds. The predicted molar refractivity (Wildman–Crippen MR) is 117 cm³/mol. The highest BCUT2D eigenvalue weighted by Gasteiger charge is 2.15. The molecule has 0 aliphatic heterocycles. The van der Waals surface area contributed by atoms with Gasteiger partial charge in [-0.2, -0.15) is 5.10 Å². The maximum atomic E-state index is 12.4. The normalized spacial score (nSPS) is 10.9. The quantitative estimate of drug-likeness (QED) is 0.548. The summed E-state index contributed by atoms with van der Waals surface area (Å²) in [6, 6.07) is 15.2. The zero-order chi connectivity index (χ0) is 23.3. The summed E-state index contributed by atoms with van der Waals surface area (Å²) in [6.07, 6.45) is 0. The topological polar surface area (TPSA) is 136 Å². The first-order valence-electron chi connectivity index (χ1n) is 9.34. The number of carbonyl (C=O) groups is 2. The summed E-state index contributed by atoms with van der Waals surface area (Å²) in [6.45, 7) is 0.751. The zero-order valence-corrected chi connectivity index (χ0v) is 18.0. The lowest BCUT2D eigenvalue weighted by Crippen LogP contribution is -2.29. The number of nitrogens with one attached hydrogen (secondary N) is 2. The van der Waals surface area contributed by atoms with Gasteiger partial charge < -0.3 is 10.1 Å². The molecule has 0 saturated heterocycles. The van der Waals surface area contributed by atoms with Crippen LogP contribution in [0.3, 0.4) is 0 Å². The molecule has 0 spiro atoms. The Kier molecular flexibility index (Phi) is 6.69. The summed E-state index contributed by atoms with van der Waals surface area (Å²) < 4.78 is 31.9. The average molecular weight is 456 g/mol. The molecule has 11 heteroatoms. The van der Waals surface area contributed by atoms with E-state index in [0.29, 0.717) is 17.1 Å². The largest absolute Gasteiger partial charge is 0.497 e. The lowest BCUT2D eigenvalue weighted by molar-refractivity contribution is -0.118. The van der Waals surface area contributed by atoms with Crippen LogP contribution >= 0.6 is 0 Å². The van der Waals surface area contributed by atoms with Crippen molar-refractivity contribution in [2.24, 2.45) is 0 Å². The highest BCUT2D eigenvalue weighted by molar-refractivity contribution is 7.90. The van der Waals surface area contributed by atoms with Gasteiger partial charge in [-0.1, -0.05) is 0 Å². The van der Waals surface area contributed by atoms with Crippen LogP contribution in [0.5, 0.6) is 5.75 Å². The summed E-state index contributed by atoms with van der Waals surface area (Å²) in [5.41, 5.74) is 1.12. The highest BCUT2D eigenvalue weighted by atomic mass is 32.2. The van der Waals surface area contributed by atoms with Crippen LogP contribution in [0.15, 0.2) is 70.4 Å². The Balaban J connectivity index is 1.72. The molecule has 0 aliphatic rings. The molecule has 1 heterocycles. The van der Waals surface area contributed by atoms with E-state index in [9.17, 15) is 22.8 Å². The van der Waals surface area contributed by atoms with Gasteiger partial charge in [0.25, 0.3) is 15.6 Å². The van der Waals surface area contributed by atoms with Crippen LogP contribution in [-0.2, 0) is 26.2 Å². The monoisotopic (exact) mass is 456 g/mol. The van der Waals surface area contributed by atoms with Crippen molar-refractivity contribution in [1.29, 1.82) is 0 Å². The standard InChI is InChI=1S/C21H20N4O6S/c1-14(26)24-32(29,30)18-9-5-16(6-10-18)22-20(27)13-25-21(28)12-11-19(23-25)15-3-7-17(31-2)8-4-15/h3-12H,13H2,1-2H3,(H,22,27)(H,24,26). The van der Waals surface area contributed by atoms with Crippen LogP contribution in [0.1, 0.15) is 6.92 Å². The molecule has 2 N–H and O–H groups in total. The van der Waals surface area contributed by atoms with Crippen molar-refractivity contribution < 1.29 is 22.7 Å². The molecular weight excluding hydrogens is 436 g/mol. The minimum atomic E-state index is -3.97. The Bertz CT molecular complexity index is 1300. The molecule has 0 bridgehead atoms. The van der Waals surface area contributed by atoms with Gasteiger partial charge in [0.2, 0.25) is 11.8 Å². The van der Waals surface area contributed by atoms with E-state index < -0.39 is 27.4 Å². The molecule has 0 aliphatic carbocycles. The molecule has 0 saturated carbocycles. The number of hydrogen-bond acceptors (Lipinski definition) is 7. The van der Waals surface area contributed by atoms with Crippen molar-refractivity contribution in [1.82, 2.24) is 14.5 Å². The Labute approximate surface area is 183 Å². The van der Waals surface area contributed by atoms with Crippen molar-refractivity contribution in [2.75, 3.05) is 12.4 Å². The highest BCUT2D eigenvalue weighted by Crippen LogP contribution is 2.19. The van der Waals surface area contributed by atoms with E-state index in [-0.39, 0.29) is 11.4 Å². The van der Waals surface area contributed by atoms with E-state index in [2.05, 4.69) is 10.4 Å². The van der Waals surface area contributed by atoms with Crippen LogP contribution in [0.25, 0.3) is 11.3 Å². The predicted octanol–water partition coefficient (Wildman–Crippen LogP) is 1.38. The van der Waals surface area contributed by atoms with Gasteiger partial charge in [-0.15, -0.1) is 0 Å². The molecule has 32 heavy (non-hydrogen) atoms. The molecule has 1 aromatic heterocycles. The van der Waals surface area contributed by atoms with Crippen LogP contribution < -0.4 is 20.3 Å². The molecule has 0 unspecified atom stereocenters. The first-order chi connectivity index (χ1) is 15.2. The molecule has 2 aromatic carbocycles. The first kappa shape index (κ1) is 22.7. The average Bonchev–Trinajstić information content (AvgIpc) is 2.75. The first-order valence-corrected chi connectivity index (χ1v) is 10.8. The summed E-state index contributed by atoms with van der Waals surface area (Å²) in [5.74, 6) is -0.557. The Morgan fingerprint density at radius 1 is 1.00 bits per heavy atom. The molecule has 3 aromatic rings. The van der Waals surface area contributed by atoms with Crippen LogP contribution in [-0.4, -0.2) is 37.1 Å². The van der Waals surface area contributed by atoms with E-state index in [0.717, 1.165) is 17.2 Å². The zero-order valence-electron chi connectivity index (χ0n) is 17.2. The lowest BCUT2D eigenvalue weighted by atomic mass is 10.1. The second-order valence-electron chi connectivity index (χ2n) is 6.68. The summed E-state index contributed by atoms with van der Waals surface area (Å²) >= 11 is 0. The fraction of sp³-hybridized carbons (Fsp3) is 0.143. The lowest BCUT2D eigenvalue weighted by Gasteiger charge is -2.10. The molecule has 3 rings (SSSR count). The minimum absolute atomic E-state index is 0.129. The van der Waals surface area contributed by atoms with Crippen molar-refractivity contribution >= 4 is 27.5 Å². The fourth-order valence-corrected chi connectivity index (χ4v) is 3.77. The fourth-order valence-electron chi connectivity index (χ4n) is 2.78. The SMILES string of the molecule is COc1ccc(-c2ccc(=O)n(CC(=O)Nc3ccc(S(=O)(=O)NC(C)=O)cc3)n2)cc1. The number of methoxy groups -OCH3 is 1. The molecule has 10 nitrogen and oxygen atoms in total. The second kappa shape index (κ2) is 9.43. The van der Waals surface area contributed by atoms with E-state index in [1.807, 2.05) is 4.72 Å². The van der Waals surface area contributed by atoms with Crippen molar-refractivity contribution in [3.05, 3.63) is 71.0 Å². The summed E-state index contributed by atoms with van der Waals surface area (Å²) in [7, 11) is -2.41. The number of ether oxygens (including phenoxy) is 1. The van der Waals surface area contributed by atoms with Gasteiger partial charge in [0, 0.05) is 24.2 Å². The molecular formula is C21H20N4O6S. The smallest absolute Gasteiger partial charge is 0.267 e. The molecule has 0 fully saturated rings. The third-order valence-electron chi connectivity index (χ3n) is 4.27. The Hall–Kier alpha value is -3.99. The molecule has 0 atom stereocenters. The van der Waals surface area contributed by atoms with E-state index >= 15 is 0 Å². The van der Waals surface area contributed by atoms with Crippen LogP contribution in [0.2, 0.25) is 0 Å². The number of amides is 2. The number of rotatable bonds is 7. The van der Waals surface area contributed by atoms with E-state index in [1.54, 1.807) is 37.4 Å². The number of nitrogens with zero attached hydrogens (tertiary/aromatic N) is 2. The number of carbonyl (C=O) groups excluding carboxylic acids is 2. The van der Waals surface area contributed by atoms with E-state index in [4.69, 9.17) is 4.74 Å². The van der Waals surface area contributed by atoms with E-state index in [1.165, 1.54) is 30.3 Å². The van der Waals surface area contributed by atoms with Gasteiger partial charge in [-0.25, -0.2) is 17.8 Å². The van der Waals surface area contributed by atoms with Crippen LogP contribution in [0, 0.1) is 0 Å². The molecule has 166 valence electrons. The minimum Gasteiger partial charge on any atom is -0.497 e. The third-order valence-corrected chi connectivity index (χ3v) is 5.72. The van der Waals surface area contributed by atoms with Gasteiger partial charge in [-0.3, -0.25) is 14.4 Å². The summed E-state index contributed by atoms with van der Waals surface area (Å²) in [4.78, 5) is 35.4. The van der Waals surface area contributed by atoms with Crippen molar-refractivity contribution in [2.45, 2.75) is 18.4 Å². The number of hydrogen-bond donors (Lipinski definition) is 2. The van der Waals surface area contributed by atoms with Gasteiger partial charge in [-0.05, 0) is 54.6 Å². The number of benzene rings is 2. The van der Waals surface area contributed by atoms with Crippen LogP contribution in [0.4, 0.5) is 5.69 Å². The Morgan fingerprint density at radius 3 is 2.25 bits per heavy atom. The Morgan fingerprint density at radius 2 is 1.66 bits per heavy atom. The van der Waals surface area contributed by atoms with Gasteiger partial charge in [0.05, 0.1) is 17.7 Å². The number of anilines is 1. The van der Waals surface area contributed by atoms with Crippen molar-refractivity contribution in [3.63, 3.8) is 0 Å².